The zero-order valence-electron chi connectivity index (χ0n) is 10.0. The van der Waals surface area contributed by atoms with Crippen LogP contribution in [0, 0.1) is 0 Å². The van der Waals surface area contributed by atoms with E-state index in [4.69, 9.17) is 4.74 Å². The molecule has 0 heterocycles. The van der Waals surface area contributed by atoms with Crippen LogP contribution in [0.4, 0.5) is 0 Å². The van der Waals surface area contributed by atoms with Crippen LogP contribution in [0.15, 0.2) is 36.9 Å². The minimum absolute atomic E-state index is 0.785. The summed E-state index contributed by atoms with van der Waals surface area (Å²) in [6, 6.07) is 8.24. The molecule has 1 rings (SSSR count). The van der Waals surface area contributed by atoms with E-state index in [1.807, 2.05) is 18.2 Å². The Labute approximate surface area is 98.3 Å². The van der Waals surface area contributed by atoms with Gasteiger partial charge in [-0.2, -0.15) is 0 Å². The first-order valence-corrected chi connectivity index (χ1v) is 5.90. The van der Waals surface area contributed by atoms with Gasteiger partial charge in [-0.25, -0.2) is 0 Å². The van der Waals surface area contributed by atoms with Gasteiger partial charge < -0.3 is 10.1 Å². The topological polar surface area (TPSA) is 21.3 Å². The Bertz CT molecular complexity index is 309. The fourth-order valence-electron chi connectivity index (χ4n) is 1.40. The first kappa shape index (κ1) is 12.8. The summed E-state index contributed by atoms with van der Waals surface area (Å²) in [5.41, 5.74) is 1.26. The Morgan fingerprint density at radius 3 is 3.06 bits per heavy atom. The molecule has 0 spiro atoms. The maximum absolute atomic E-state index is 5.58. The highest BCUT2D eigenvalue weighted by atomic mass is 16.5. The van der Waals surface area contributed by atoms with Gasteiger partial charge in [0, 0.05) is 6.54 Å². The Kier molecular flexibility index (Phi) is 6.35. The van der Waals surface area contributed by atoms with Crippen molar-refractivity contribution in [3.05, 3.63) is 42.5 Å². The standard InChI is InChI=1S/C14H21NO/c1-3-5-9-15-12-13-7-6-8-14(11-13)16-10-4-2/h3,6-8,11,15H,1,4-5,9-10,12H2,2H3. The quantitative estimate of drug-likeness (QED) is 0.535. The molecule has 0 saturated carbocycles. The summed E-state index contributed by atoms with van der Waals surface area (Å²) in [4.78, 5) is 0. The lowest BCUT2D eigenvalue weighted by molar-refractivity contribution is 0.317. The molecule has 0 fully saturated rings. The molecule has 0 unspecified atom stereocenters. The molecule has 0 amide bonds. The smallest absolute Gasteiger partial charge is 0.119 e. The van der Waals surface area contributed by atoms with Gasteiger partial charge in [-0.05, 0) is 37.1 Å². The normalized spacial score (nSPS) is 10.1. The van der Waals surface area contributed by atoms with Crippen molar-refractivity contribution in [3.8, 4) is 5.75 Å². The maximum atomic E-state index is 5.58. The van der Waals surface area contributed by atoms with E-state index in [-0.39, 0.29) is 0 Å². The van der Waals surface area contributed by atoms with Crippen molar-refractivity contribution >= 4 is 0 Å². The van der Waals surface area contributed by atoms with Gasteiger partial charge in [-0.3, -0.25) is 0 Å². The van der Waals surface area contributed by atoms with Crippen LogP contribution in [0.5, 0.6) is 5.75 Å². The van der Waals surface area contributed by atoms with Crippen molar-refractivity contribution in [1.82, 2.24) is 5.32 Å². The molecule has 0 saturated heterocycles. The molecule has 0 aliphatic heterocycles. The fourth-order valence-corrected chi connectivity index (χ4v) is 1.40. The monoisotopic (exact) mass is 219 g/mol. The average Bonchev–Trinajstić information content (AvgIpc) is 2.33. The lowest BCUT2D eigenvalue weighted by atomic mass is 10.2. The van der Waals surface area contributed by atoms with Crippen LogP contribution < -0.4 is 10.1 Å². The first-order valence-electron chi connectivity index (χ1n) is 5.90. The van der Waals surface area contributed by atoms with Crippen LogP contribution in [-0.4, -0.2) is 13.2 Å². The van der Waals surface area contributed by atoms with Crippen LogP contribution in [-0.2, 0) is 6.54 Å². The Morgan fingerprint density at radius 1 is 1.44 bits per heavy atom. The van der Waals surface area contributed by atoms with E-state index in [2.05, 4.69) is 31.0 Å². The largest absolute Gasteiger partial charge is 0.494 e. The predicted octanol–water partition coefficient (Wildman–Crippen LogP) is 3.14. The van der Waals surface area contributed by atoms with E-state index in [0.29, 0.717) is 0 Å². The van der Waals surface area contributed by atoms with Crippen molar-refractivity contribution in [2.75, 3.05) is 13.2 Å². The number of hydrogen-bond acceptors (Lipinski definition) is 2. The summed E-state index contributed by atoms with van der Waals surface area (Å²) in [6.45, 7) is 8.45. The van der Waals surface area contributed by atoms with Crippen LogP contribution in [0.3, 0.4) is 0 Å². The molecule has 1 aromatic rings. The highest BCUT2D eigenvalue weighted by molar-refractivity contribution is 5.28. The third-order valence-electron chi connectivity index (χ3n) is 2.23. The number of ether oxygens (including phenoxy) is 1. The Balaban J connectivity index is 2.37. The number of hydrogen-bond donors (Lipinski definition) is 1. The molecule has 1 N–H and O–H groups in total. The third-order valence-corrected chi connectivity index (χ3v) is 2.23. The number of rotatable bonds is 8. The van der Waals surface area contributed by atoms with E-state index in [9.17, 15) is 0 Å². The zero-order chi connectivity index (χ0) is 11.6. The molecule has 0 aliphatic rings. The highest BCUT2D eigenvalue weighted by Crippen LogP contribution is 2.13. The fraction of sp³-hybridized carbons (Fsp3) is 0.429. The van der Waals surface area contributed by atoms with Crippen LogP contribution in [0.2, 0.25) is 0 Å². The SMILES string of the molecule is C=CCCNCc1cccc(OCCC)c1. The van der Waals surface area contributed by atoms with Crippen molar-refractivity contribution < 1.29 is 4.74 Å². The van der Waals surface area contributed by atoms with Gasteiger partial charge in [0.25, 0.3) is 0 Å². The second-order valence-corrected chi connectivity index (χ2v) is 3.75. The summed E-state index contributed by atoms with van der Waals surface area (Å²) in [6.07, 6.45) is 3.97. The third kappa shape index (κ3) is 4.99. The van der Waals surface area contributed by atoms with E-state index in [1.54, 1.807) is 0 Å². The molecule has 0 aromatic heterocycles. The van der Waals surface area contributed by atoms with Crippen LogP contribution >= 0.6 is 0 Å². The summed E-state index contributed by atoms with van der Waals surface area (Å²) in [7, 11) is 0. The van der Waals surface area contributed by atoms with Gasteiger partial charge in [-0.1, -0.05) is 25.1 Å². The minimum atomic E-state index is 0.785. The summed E-state index contributed by atoms with van der Waals surface area (Å²) in [5, 5.41) is 3.36. The predicted molar refractivity (Wildman–Crippen MR) is 68.7 cm³/mol. The van der Waals surface area contributed by atoms with Gasteiger partial charge >= 0.3 is 0 Å². The Hall–Kier alpha value is -1.28. The first-order chi connectivity index (χ1) is 7.86. The molecule has 16 heavy (non-hydrogen) atoms. The van der Waals surface area contributed by atoms with Gasteiger partial charge in [-0.15, -0.1) is 6.58 Å². The van der Waals surface area contributed by atoms with E-state index in [0.717, 1.165) is 38.3 Å². The van der Waals surface area contributed by atoms with Crippen molar-refractivity contribution in [3.63, 3.8) is 0 Å². The van der Waals surface area contributed by atoms with Gasteiger partial charge in [0.2, 0.25) is 0 Å². The van der Waals surface area contributed by atoms with Gasteiger partial charge in [0.1, 0.15) is 5.75 Å². The molecule has 0 atom stereocenters. The molecule has 2 heteroatoms. The molecule has 0 bridgehead atoms. The average molecular weight is 219 g/mol. The zero-order valence-corrected chi connectivity index (χ0v) is 10.0. The van der Waals surface area contributed by atoms with Gasteiger partial charge in [0.15, 0.2) is 0 Å². The summed E-state index contributed by atoms with van der Waals surface area (Å²) >= 11 is 0. The molecule has 0 radical (unpaired) electrons. The van der Waals surface area contributed by atoms with E-state index < -0.39 is 0 Å². The highest BCUT2D eigenvalue weighted by Gasteiger charge is 1.96. The lowest BCUT2D eigenvalue weighted by Gasteiger charge is -2.07. The molecular weight excluding hydrogens is 198 g/mol. The molecule has 2 nitrogen and oxygen atoms in total. The molecule has 1 aromatic carbocycles. The van der Waals surface area contributed by atoms with Crippen molar-refractivity contribution in [1.29, 1.82) is 0 Å². The second-order valence-electron chi connectivity index (χ2n) is 3.75. The van der Waals surface area contributed by atoms with Crippen molar-refractivity contribution in [2.24, 2.45) is 0 Å². The van der Waals surface area contributed by atoms with Gasteiger partial charge in [0.05, 0.1) is 6.61 Å². The van der Waals surface area contributed by atoms with Crippen molar-refractivity contribution in [2.45, 2.75) is 26.3 Å². The Morgan fingerprint density at radius 2 is 2.31 bits per heavy atom. The maximum Gasteiger partial charge on any atom is 0.119 e. The number of nitrogens with one attached hydrogen (secondary N) is 1. The molecule has 0 aliphatic carbocycles. The van der Waals surface area contributed by atoms with E-state index in [1.165, 1.54) is 5.56 Å². The van der Waals surface area contributed by atoms with Crippen LogP contribution in [0.1, 0.15) is 25.3 Å². The molecule has 88 valence electrons. The lowest BCUT2D eigenvalue weighted by Crippen LogP contribution is -2.13. The second kappa shape index (κ2) is 7.94. The minimum Gasteiger partial charge on any atom is -0.494 e. The van der Waals surface area contributed by atoms with E-state index >= 15 is 0 Å². The van der Waals surface area contributed by atoms with Crippen LogP contribution in [0.25, 0.3) is 0 Å². The number of benzene rings is 1. The summed E-state index contributed by atoms with van der Waals surface area (Å²) < 4.78 is 5.58. The summed E-state index contributed by atoms with van der Waals surface area (Å²) in [5.74, 6) is 0.963. The molecular formula is C14H21NO.